The van der Waals surface area contributed by atoms with E-state index in [2.05, 4.69) is 10.1 Å². The highest BCUT2D eigenvalue weighted by Gasteiger charge is 2.19. The van der Waals surface area contributed by atoms with E-state index in [0.717, 1.165) is 4.68 Å². The monoisotopic (exact) mass is 327 g/mol. The molecular formula is C18H15N3O3. The van der Waals surface area contributed by atoms with Gasteiger partial charge in [-0.25, -0.2) is 0 Å². The number of benzene rings is 2. The molecule has 0 unspecified atom stereocenters. The molecule has 4 rings (SSSR count). The number of fused-ring (bicyclic) bond motifs is 3. The second-order valence-corrected chi connectivity index (χ2v) is 5.18. The Labute approximate surface area is 146 Å². The molecule has 6 heteroatoms. The Morgan fingerprint density at radius 1 is 1.12 bits per heavy atom. The Bertz CT molecular complexity index is 1260. The van der Waals surface area contributed by atoms with Gasteiger partial charge < -0.3 is 14.5 Å². The fourth-order valence-electron chi connectivity index (χ4n) is 2.66. The van der Waals surface area contributed by atoms with Crippen molar-refractivity contribution in [3.63, 3.8) is 0 Å². The van der Waals surface area contributed by atoms with Crippen molar-refractivity contribution in [2.75, 3.05) is 14.1 Å². The van der Waals surface area contributed by atoms with Gasteiger partial charge in [-0.3, -0.25) is 4.79 Å². The highest BCUT2D eigenvalue weighted by Crippen LogP contribution is 2.28. The Morgan fingerprint density at radius 2 is 1.96 bits per heavy atom. The van der Waals surface area contributed by atoms with Crippen LogP contribution in [0.2, 0.25) is 0 Å². The number of hydrogen-bond acceptors (Lipinski definition) is 4. The van der Waals surface area contributed by atoms with Gasteiger partial charge in [0, 0.05) is 23.7 Å². The van der Waals surface area contributed by atoms with Crippen LogP contribution in [0.3, 0.4) is 0 Å². The van der Waals surface area contributed by atoms with Crippen LogP contribution in [-0.2, 0) is 0 Å². The molecule has 0 bridgehead atoms. The summed E-state index contributed by atoms with van der Waals surface area (Å²) in [5.41, 5.74) is 1.18. The number of hydrogen-bond donors (Lipinski definition) is 1. The Balaban J connectivity index is 1.81. The van der Waals surface area contributed by atoms with E-state index in [4.69, 9.17) is 17.7 Å². The summed E-state index contributed by atoms with van der Waals surface area (Å²) in [5, 5.41) is 4.98. The lowest BCUT2D eigenvalue weighted by atomic mass is 10.1. The third-order valence-electron chi connectivity index (χ3n) is 3.79. The van der Waals surface area contributed by atoms with Crippen LogP contribution in [0.1, 0.15) is 8.22 Å². The molecule has 0 radical (unpaired) electrons. The lowest BCUT2D eigenvalue weighted by Gasteiger charge is -2.05. The molecule has 120 valence electrons. The first-order chi connectivity index (χ1) is 14.0. The van der Waals surface area contributed by atoms with E-state index in [9.17, 15) is 4.79 Å². The zero-order chi connectivity index (χ0) is 21.7. The minimum absolute atomic E-state index is 0.0781. The number of pyridine rings is 1. The molecule has 0 saturated heterocycles. The lowest BCUT2D eigenvalue weighted by Crippen LogP contribution is -2.14. The topological polar surface area (TPSA) is 69.1 Å². The molecule has 2 aliphatic rings. The molecule has 0 amide bonds. The summed E-state index contributed by atoms with van der Waals surface area (Å²) >= 11 is 0. The highest BCUT2D eigenvalue weighted by molar-refractivity contribution is 5.93. The second-order valence-electron chi connectivity index (χ2n) is 5.18. The smallest absolute Gasteiger partial charge is 0.282 e. The van der Waals surface area contributed by atoms with E-state index >= 15 is 0 Å². The molecule has 2 aromatic rings. The van der Waals surface area contributed by atoms with Gasteiger partial charge >= 0.3 is 0 Å². The minimum atomic E-state index is -2.62. The largest absolute Gasteiger partial charge is 0.497 e. The van der Waals surface area contributed by atoms with Gasteiger partial charge in [-0.2, -0.15) is 9.78 Å². The van der Waals surface area contributed by atoms with E-state index in [0.29, 0.717) is 27.8 Å². The molecular weight excluding hydrogens is 306 g/mol. The molecule has 0 spiro atoms. The van der Waals surface area contributed by atoms with Gasteiger partial charge in [0.2, 0.25) is 0 Å². The molecule has 0 aliphatic carbocycles. The van der Waals surface area contributed by atoms with Crippen LogP contribution in [0.5, 0.6) is 11.5 Å². The molecule has 1 N–H and O–H groups in total. The Kier molecular flexibility index (Phi) is 2.06. The van der Waals surface area contributed by atoms with Gasteiger partial charge in [-0.05, 0) is 24.3 Å². The summed E-state index contributed by atoms with van der Waals surface area (Å²) in [6.07, 6.45) is 1.48. The van der Waals surface area contributed by atoms with Gasteiger partial charge in [-0.15, -0.1) is 0 Å². The zero-order valence-electron chi connectivity index (χ0n) is 18.2. The summed E-state index contributed by atoms with van der Waals surface area (Å²) in [6, 6.07) is 10.7. The number of H-pyrrole nitrogens is 1. The summed E-state index contributed by atoms with van der Waals surface area (Å²) in [5.74, 6) is 0.226. The number of nitrogens with zero attached hydrogens (tertiary/aromatic N) is 2. The van der Waals surface area contributed by atoms with Crippen LogP contribution in [0.4, 0.5) is 0 Å². The summed E-state index contributed by atoms with van der Waals surface area (Å²) < 4.78 is 54.2. The molecule has 2 heterocycles. The van der Waals surface area contributed by atoms with Crippen molar-refractivity contribution in [1.82, 2.24) is 14.8 Å². The number of rotatable bonds is 3. The van der Waals surface area contributed by atoms with Gasteiger partial charge in [0.1, 0.15) is 17.2 Å². The van der Waals surface area contributed by atoms with E-state index < -0.39 is 19.6 Å². The molecule has 0 saturated carbocycles. The van der Waals surface area contributed by atoms with Crippen LogP contribution in [0, 0.1) is 0 Å². The minimum Gasteiger partial charge on any atom is -0.497 e. The summed E-state index contributed by atoms with van der Waals surface area (Å²) in [7, 11) is -5.20. The maximum absolute atomic E-state index is 12.9. The zero-order valence-corrected chi connectivity index (χ0v) is 12.2. The van der Waals surface area contributed by atoms with Gasteiger partial charge in [0.25, 0.3) is 5.56 Å². The first-order valence-corrected chi connectivity index (χ1v) is 7.03. The lowest BCUT2D eigenvalue weighted by molar-refractivity contribution is 0.414. The fraction of sp³-hybridized carbons (Fsp3) is 0.111. The second kappa shape index (κ2) is 5.42. The molecule has 0 aromatic heterocycles. The van der Waals surface area contributed by atoms with E-state index in [1.165, 1.54) is 30.5 Å². The number of methoxy groups -OCH3 is 2. The summed E-state index contributed by atoms with van der Waals surface area (Å²) in [6.45, 7) is 0. The maximum atomic E-state index is 12.9. The maximum Gasteiger partial charge on any atom is 0.282 e. The molecule has 0 atom stereocenters. The predicted molar refractivity (Wildman–Crippen MR) is 91.4 cm³/mol. The average Bonchev–Trinajstić information content (AvgIpc) is 2.96. The van der Waals surface area contributed by atoms with Crippen LogP contribution in [-0.4, -0.2) is 28.8 Å². The van der Waals surface area contributed by atoms with Crippen molar-refractivity contribution in [2.45, 2.75) is 0 Å². The van der Waals surface area contributed by atoms with Gasteiger partial charge in [-0.1, -0.05) is 6.07 Å². The molecule has 6 nitrogen and oxygen atoms in total. The van der Waals surface area contributed by atoms with Crippen LogP contribution < -0.4 is 15.0 Å². The number of aromatic nitrogens is 3. The van der Waals surface area contributed by atoms with Crippen molar-refractivity contribution < 1.29 is 17.7 Å². The molecule has 2 aliphatic heterocycles. The Morgan fingerprint density at radius 3 is 2.79 bits per heavy atom. The van der Waals surface area contributed by atoms with E-state index in [1.807, 2.05) is 0 Å². The molecule has 24 heavy (non-hydrogen) atoms. The van der Waals surface area contributed by atoms with Crippen molar-refractivity contribution in [3.8, 4) is 28.4 Å². The van der Waals surface area contributed by atoms with Gasteiger partial charge in [0.15, 0.2) is 0 Å². The van der Waals surface area contributed by atoms with Crippen LogP contribution in [0.15, 0.2) is 53.5 Å². The highest BCUT2D eigenvalue weighted by atomic mass is 16.5. The first kappa shape index (κ1) is 9.12. The van der Waals surface area contributed by atoms with Crippen LogP contribution >= 0.6 is 0 Å². The molecule has 2 aromatic carbocycles. The number of aromatic amines is 1. The van der Waals surface area contributed by atoms with Gasteiger partial charge in [0.05, 0.1) is 39.1 Å². The number of ether oxygens (including phenoxy) is 2. The first-order valence-electron chi connectivity index (χ1n) is 10.0. The fourth-order valence-corrected chi connectivity index (χ4v) is 2.66. The Hall–Kier alpha value is -3.28. The van der Waals surface area contributed by atoms with Crippen LogP contribution in [0.25, 0.3) is 27.8 Å². The van der Waals surface area contributed by atoms with Crippen molar-refractivity contribution >= 4 is 10.9 Å². The third kappa shape index (κ3) is 2.11. The van der Waals surface area contributed by atoms with Crippen molar-refractivity contribution in [3.05, 3.63) is 59.0 Å². The standard InChI is InChI=1S/C18H15N3O3/c1-23-12-5-3-4-11(8-12)21-18(22)15-10-19-16-9-13(24-2)6-7-14(16)17(15)20-21/h3-10,19H,1-2H3/i1D3,2D3. The third-order valence-corrected chi connectivity index (χ3v) is 3.79. The summed E-state index contributed by atoms with van der Waals surface area (Å²) in [4.78, 5) is 15.8. The van der Waals surface area contributed by atoms with Crippen molar-refractivity contribution in [2.24, 2.45) is 0 Å². The quantitative estimate of drug-likeness (QED) is 0.628. The normalized spacial score (nSPS) is 15.8. The molecule has 0 fully saturated rings. The SMILES string of the molecule is [2H]C([2H])([2H])Oc1cccc(-n2nc3c4ccc(OC([2H])([2H])[2H])cc4[nH]cc-3c2=O)c1. The van der Waals surface area contributed by atoms with E-state index in [1.54, 1.807) is 18.2 Å². The number of nitrogens with one attached hydrogen (secondary N) is 1. The average molecular weight is 327 g/mol. The van der Waals surface area contributed by atoms with Crippen molar-refractivity contribution in [1.29, 1.82) is 0 Å². The predicted octanol–water partition coefficient (Wildman–Crippen LogP) is 2.84. The van der Waals surface area contributed by atoms with E-state index in [-0.39, 0.29) is 11.5 Å².